The summed E-state index contributed by atoms with van der Waals surface area (Å²) in [5.74, 6) is 2.05. The third-order valence-corrected chi connectivity index (χ3v) is 5.85. The van der Waals surface area contributed by atoms with Crippen LogP contribution in [0.25, 0.3) is 0 Å². The van der Waals surface area contributed by atoms with Crippen molar-refractivity contribution < 1.29 is 9.31 Å². The molecule has 5 rings (SSSR count). The van der Waals surface area contributed by atoms with Crippen LogP contribution in [0.3, 0.4) is 0 Å². The van der Waals surface area contributed by atoms with Gasteiger partial charge in [-0.25, -0.2) is 0 Å². The van der Waals surface area contributed by atoms with Crippen molar-refractivity contribution in [2.45, 2.75) is 57.7 Å². The molecule has 3 aliphatic carbocycles. The number of hydrogen-bond donors (Lipinski definition) is 1. The highest BCUT2D eigenvalue weighted by Crippen LogP contribution is 2.61. The maximum absolute atomic E-state index is 6.25. The Labute approximate surface area is 116 Å². The fourth-order valence-corrected chi connectivity index (χ4v) is 4.50. The molecule has 3 saturated carbocycles. The van der Waals surface area contributed by atoms with Crippen LogP contribution in [0.4, 0.5) is 0 Å². The lowest BCUT2D eigenvalue weighted by Crippen LogP contribution is -2.59. The summed E-state index contributed by atoms with van der Waals surface area (Å²) >= 11 is 0. The topological polar surface area (TPSA) is 30.5 Å². The zero-order valence-electron chi connectivity index (χ0n) is 11.2. The second-order valence-electron chi connectivity index (χ2n) is 6.94. The van der Waals surface area contributed by atoms with Crippen molar-refractivity contribution in [2.75, 3.05) is 6.54 Å². The number of rotatable bonds is 1. The number of halogens is 1. The molecule has 5 heteroatoms. The summed E-state index contributed by atoms with van der Waals surface area (Å²) in [5, 5.41) is 3.51. The molecule has 3 nitrogen and oxygen atoms in total. The molecule has 1 N–H and O–H groups in total. The van der Waals surface area contributed by atoms with Crippen LogP contribution in [-0.4, -0.2) is 31.8 Å². The highest BCUT2D eigenvalue weighted by Gasteiger charge is 2.62. The van der Waals surface area contributed by atoms with Gasteiger partial charge in [-0.15, -0.1) is 12.4 Å². The maximum atomic E-state index is 6.25. The molecular formula is C13H23BClNO2. The van der Waals surface area contributed by atoms with Gasteiger partial charge in [-0.05, 0) is 49.5 Å². The molecular weight excluding hydrogens is 248 g/mol. The molecule has 0 aromatic carbocycles. The Hall–Kier alpha value is 0.235. The quantitative estimate of drug-likeness (QED) is 0.741. The first kappa shape index (κ1) is 13.2. The van der Waals surface area contributed by atoms with Crippen molar-refractivity contribution in [3.63, 3.8) is 0 Å². The van der Waals surface area contributed by atoms with Crippen LogP contribution in [0.5, 0.6) is 0 Å². The Morgan fingerprint density at radius 3 is 2.72 bits per heavy atom. The van der Waals surface area contributed by atoms with Crippen molar-refractivity contribution in [3.05, 3.63) is 0 Å². The lowest BCUT2D eigenvalue weighted by Gasteiger charge is -2.60. The third-order valence-electron chi connectivity index (χ3n) is 5.85. The van der Waals surface area contributed by atoms with Crippen LogP contribution in [0.2, 0.25) is 0 Å². The van der Waals surface area contributed by atoms with Crippen molar-refractivity contribution >= 4 is 19.5 Å². The van der Waals surface area contributed by atoms with Crippen molar-refractivity contribution in [2.24, 2.45) is 17.3 Å². The van der Waals surface area contributed by atoms with Gasteiger partial charge in [-0.1, -0.05) is 13.8 Å². The molecule has 0 aromatic rings. The first-order valence-electron chi connectivity index (χ1n) is 7.20. The molecule has 5 aliphatic rings. The lowest BCUT2D eigenvalue weighted by molar-refractivity contribution is -0.150. The monoisotopic (exact) mass is 271 g/mol. The highest BCUT2D eigenvalue weighted by molar-refractivity contribution is 6.47. The lowest BCUT2D eigenvalue weighted by atomic mass is 9.47. The normalized spacial score (nSPS) is 48.3. The summed E-state index contributed by atoms with van der Waals surface area (Å²) in [6, 6.07) is 0. The largest absolute Gasteiger partial charge is 0.475 e. The van der Waals surface area contributed by atoms with Crippen LogP contribution in [0.1, 0.15) is 39.5 Å². The molecule has 0 spiro atoms. The van der Waals surface area contributed by atoms with Crippen molar-refractivity contribution in [1.29, 1.82) is 0 Å². The summed E-state index contributed by atoms with van der Waals surface area (Å²) in [4.78, 5) is 0. The SMILES string of the molecule is CC1(C)C2CC3OB(C4CCCN4)OC3C1C2.Cl. The van der Waals surface area contributed by atoms with Crippen LogP contribution >= 0.6 is 12.4 Å². The fourth-order valence-electron chi connectivity index (χ4n) is 4.50. The standard InChI is InChI=1S/C13H22BNO2.ClH/c1-13(2)8-6-9(13)12-10(7-8)16-14(17-12)11-4-3-5-15-11;/h8-12,15H,3-7H2,1-2H3;1H. The molecule has 2 heterocycles. The minimum atomic E-state index is 0. The second-order valence-corrected chi connectivity index (χ2v) is 6.94. The first-order valence-corrected chi connectivity index (χ1v) is 7.20. The molecule has 2 aliphatic heterocycles. The van der Waals surface area contributed by atoms with E-state index in [1.165, 1.54) is 25.7 Å². The number of nitrogens with one attached hydrogen (secondary N) is 1. The summed E-state index contributed by atoms with van der Waals surface area (Å²) < 4.78 is 12.4. The van der Waals surface area contributed by atoms with Crippen LogP contribution < -0.4 is 5.32 Å². The van der Waals surface area contributed by atoms with Gasteiger partial charge < -0.3 is 14.6 Å². The summed E-state index contributed by atoms with van der Waals surface area (Å²) in [6.45, 7) is 5.94. The van der Waals surface area contributed by atoms with E-state index in [9.17, 15) is 0 Å². The summed E-state index contributed by atoms with van der Waals surface area (Å²) in [5.41, 5.74) is 0.489. The molecule has 0 radical (unpaired) electrons. The van der Waals surface area contributed by atoms with E-state index in [2.05, 4.69) is 19.2 Å². The van der Waals surface area contributed by atoms with E-state index in [4.69, 9.17) is 9.31 Å². The molecule has 2 saturated heterocycles. The Balaban J connectivity index is 0.000001000. The van der Waals surface area contributed by atoms with Gasteiger partial charge in [0.05, 0.1) is 12.2 Å². The predicted molar refractivity (Wildman–Crippen MR) is 73.8 cm³/mol. The highest BCUT2D eigenvalue weighted by atomic mass is 35.5. The molecule has 18 heavy (non-hydrogen) atoms. The minimum Gasteiger partial charge on any atom is -0.405 e. The zero-order chi connectivity index (χ0) is 11.6. The van der Waals surface area contributed by atoms with Gasteiger partial charge in [0.15, 0.2) is 0 Å². The molecule has 5 atom stereocenters. The molecule has 0 amide bonds. The maximum Gasteiger partial charge on any atom is 0.475 e. The van der Waals surface area contributed by atoms with Gasteiger partial charge in [0.1, 0.15) is 0 Å². The Morgan fingerprint density at radius 2 is 2.06 bits per heavy atom. The Bertz CT molecular complexity index is 335. The smallest absolute Gasteiger partial charge is 0.405 e. The van der Waals surface area contributed by atoms with E-state index in [1.54, 1.807) is 0 Å². The molecule has 5 unspecified atom stereocenters. The zero-order valence-corrected chi connectivity index (χ0v) is 12.0. The van der Waals surface area contributed by atoms with E-state index in [0.29, 0.717) is 23.6 Å². The Morgan fingerprint density at radius 1 is 1.22 bits per heavy atom. The average Bonchev–Trinajstić information content (AvgIpc) is 2.96. The molecule has 5 fully saturated rings. The predicted octanol–water partition coefficient (Wildman–Crippen LogP) is 2.04. The number of hydrogen-bond acceptors (Lipinski definition) is 3. The van der Waals surface area contributed by atoms with E-state index in [-0.39, 0.29) is 19.5 Å². The van der Waals surface area contributed by atoms with Crippen molar-refractivity contribution in [3.8, 4) is 0 Å². The second kappa shape index (κ2) is 4.37. The van der Waals surface area contributed by atoms with E-state index in [0.717, 1.165) is 18.4 Å². The van der Waals surface area contributed by atoms with E-state index < -0.39 is 0 Å². The van der Waals surface area contributed by atoms with E-state index >= 15 is 0 Å². The van der Waals surface area contributed by atoms with Crippen molar-refractivity contribution in [1.82, 2.24) is 5.32 Å². The summed E-state index contributed by atoms with van der Waals surface area (Å²) in [6.07, 6.45) is 5.82. The van der Waals surface area contributed by atoms with Crippen LogP contribution in [0, 0.1) is 17.3 Å². The van der Waals surface area contributed by atoms with Gasteiger partial charge in [0, 0.05) is 5.94 Å². The van der Waals surface area contributed by atoms with Gasteiger partial charge in [0.25, 0.3) is 0 Å². The fraction of sp³-hybridized carbons (Fsp3) is 1.00. The Kier molecular flexibility index (Phi) is 3.21. The third kappa shape index (κ3) is 1.69. The molecule has 102 valence electrons. The molecule has 2 bridgehead atoms. The average molecular weight is 272 g/mol. The summed E-state index contributed by atoms with van der Waals surface area (Å²) in [7, 11) is 0.0302. The van der Waals surface area contributed by atoms with Gasteiger partial charge >= 0.3 is 7.12 Å². The van der Waals surface area contributed by atoms with E-state index in [1.807, 2.05) is 0 Å². The van der Waals surface area contributed by atoms with Gasteiger partial charge in [0.2, 0.25) is 0 Å². The molecule has 0 aromatic heterocycles. The first-order chi connectivity index (χ1) is 8.16. The van der Waals surface area contributed by atoms with Crippen LogP contribution in [-0.2, 0) is 9.31 Å². The van der Waals surface area contributed by atoms with Crippen LogP contribution in [0.15, 0.2) is 0 Å². The van der Waals surface area contributed by atoms with Gasteiger partial charge in [-0.3, -0.25) is 0 Å². The van der Waals surface area contributed by atoms with Gasteiger partial charge in [-0.2, -0.15) is 0 Å². The minimum absolute atomic E-state index is 0.